The van der Waals surface area contributed by atoms with Crippen LogP contribution in [0.4, 0.5) is 0 Å². The summed E-state index contributed by atoms with van der Waals surface area (Å²) in [4.78, 5) is 3.79. The largest absolute Gasteiger partial charge is 0.295 e. The second kappa shape index (κ2) is 7.38. The molecule has 0 bridgehead atoms. The maximum absolute atomic E-state index is 4.67. The molecule has 25 heavy (non-hydrogen) atoms. The summed E-state index contributed by atoms with van der Waals surface area (Å²) in [5, 5.41) is 11.7. The van der Waals surface area contributed by atoms with Crippen molar-refractivity contribution in [2.45, 2.75) is 13.5 Å². The first kappa shape index (κ1) is 16.3. The Labute approximate surface area is 153 Å². The Balaban J connectivity index is 1.37. The third-order valence-electron chi connectivity index (χ3n) is 4.86. The fourth-order valence-corrected chi connectivity index (χ4v) is 4.11. The highest BCUT2D eigenvalue weighted by molar-refractivity contribution is 7.11. The molecule has 2 aromatic carbocycles. The molecule has 1 aromatic heterocycles. The predicted octanol–water partition coefficient (Wildman–Crippen LogP) is 4.36. The molecule has 0 saturated carbocycles. The summed E-state index contributed by atoms with van der Waals surface area (Å²) < 4.78 is 0. The van der Waals surface area contributed by atoms with E-state index in [9.17, 15) is 0 Å². The van der Waals surface area contributed by atoms with Gasteiger partial charge in [0.05, 0.1) is 6.21 Å². The zero-order valence-electron chi connectivity index (χ0n) is 14.6. The summed E-state index contributed by atoms with van der Waals surface area (Å²) in [5.74, 6) is 0. The van der Waals surface area contributed by atoms with Crippen LogP contribution in [0.15, 0.2) is 59.0 Å². The summed E-state index contributed by atoms with van der Waals surface area (Å²) >= 11 is 1.76. The molecule has 1 aliphatic rings. The van der Waals surface area contributed by atoms with Crippen molar-refractivity contribution in [3.05, 3.63) is 69.9 Å². The lowest BCUT2D eigenvalue weighted by Gasteiger charge is -2.33. The van der Waals surface area contributed by atoms with Crippen LogP contribution in [-0.4, -0.2) is 42.3 Å². The predicted molar refractivity (Wildman–Crippen MR) is 107 cm³/mol. The SMILES string of the molecule is Cc1ccsc1/C=N/N1CCN(Cc2cccc3ccccc23)CC1. The van der Waals surface area contributed by atoms with Gasteiger partial charge < -0.3 is 0 Å². The van der Waals surface area contributed by atoms with E-state index in [-0.39, 0.29) is 0 Å². The van der Waals surface area contributed by atoms with Gasteiger partial charge in [-0.15, -0.1) is 11.3 Å². The molecule has 0 amide bonds. The standard InChI is InChI=1S/C21H23N3S/c1-17-9-14-25-21(17)15-22-24-12-10-23(11-13-24)16-19-7-4-6-18-5-2-3-8-20(18)19/h2-9,14-15H,10-13,16H2,1H3/b22-15+. The Kier molecular flexibility index (Phi) is 4.81. The van der Waals surface area contributed by atoms with Gasteiger partial charge >= 0.3 is 0 Å². The number of hydrazone groups is 1. The number of aryl methyl sites for hydroxylation is 1. The Morgan fingerprint density at radius 1 is 1.00 bits per heavy atom. The number of hydrogen-bond acceptors (Lipinski definition) is 4. The number of rotatable bonds is 4. The molecule has 4 heteroatoms. The Hall–Kier alpha value is -2.17. The normalized spacial score (nSPS) is 16.1. The molecule has 1 fully saturated rings. The number of hydrogen-bond donors (Lipinski definition) is 0. The van der Waals surface area contributed by atoms with Crippen LogP contribution in [0.1, 0.15) is 16.0 Å². The lowest BCUT2D eigenvalue weighted by Crippen LogP contribution is -2.43. The van der Waals surface area contributed by atoms with Gasteiger partial charge in [-0.1, -0.05) is 42.5 Å². The molecular weight excluding hydrogens is 326 g/mol. The van der Waals surface area contributed by atoms with E-state index in [1.165, 1.54) is 26.8 Å². The molecule has 3 nitrogen and oxygen atoms in total. The molecule has 0 spiro atoms. The maximum Gasteiger partial charge on any atom is 0.0645 e. The molecule has 1 aliphatic heterocycles. The van der Waals surface area contributed by atoms with Crippen molar-refractivity contribution in [1.29, 1.82) is 0 Å². The van der Waals surface area contributed by atoms with Gasteiger partial charge in [-0.25, -0.2) is 0 Å². The molecule has 4 rings (SSSR count). The second-order valence-corrected chi connectivity index (χ2v) is 7.53. The summed E-state index contributed by atoms with van der Waals surface area (Å²) in [6.07, 6.45) is 2.01. The first-order chi connectivity index (χ1) is 12.3. The van der Waals surface area contributed by atoms with Crippen LogP contribution >= 0.6 is 11.3 Å². The average Bonchev–Trinajstić information content (AvgIpc) is 3.06. The van der Waals surface area contributed by atoms with Crippen molar-refractivity contribution in [2.24, 2.45) is 5.10 Å². The Bertz CT molecular complexity index is 870. The smallest absolute Gasteiger partial charge is 0.0645 e. The van der Waals surface area contributed by atoms with Crippen LogP contribution in [0.2, 0.25) is 0 Å². The Morgan fingerprint density at radius 3 is 2.60 bits per heavy atom. The minimum atomic E-state index is 0.992. The van der Waals surface area contributed by atoms with Crippen molar-refractivity contribution in [3.63, 3.8) is 0 Å². The molecule has 0 aliphatic carbocycles. The molecule has 0 radical (unpaired) electrons. The number of thiophene rings is 1. The summed E-state index contributed by atoms with van der Waals surface area (Å²) in [7, 11) is 0. The molecule has 128 valence electrons. The van der Waals surface area contributed by atoms with Crippen molar-refractivity contribution in [2.75, 3.05) is 26.2 Å². The van der Waals surface area contributed by atoms with Crippen molar-refractivity contribution >= 4 is 28.3 Å². The van der Waals surface area contributed by atoms with E-state index in [0.717, 1.165) is 32.7 Å². The molecule has 0 atom stereocenters. The zero-order chi connectivity index (χ0) is 17.1. The molecule has 2 heterocycles. The van der Waals surface area contributed by atoms with Gasteiger partial charge in [-0.2, -0.15) is 5.10 Å². The minimum Gasteiger partial charge on any atom is -0.295 e. The molecular formula is C21H23N3S. The number of nitrogens with zero attached hydrogens (tertiary/aromatic N) is 3. The first-order valence-electron chi connectivity index (χ1n) is 8.81. The third kappa shape index (κ3) is 3.75. The van der Waals surface area contributed by atoms with E-state index in [4.69, 9.17) is 0 Å². The van der Waals surface area contributed by atoms with Gasteiger partial charge in [0.25, 0.3) is 0 Å². The average molecular weight is 350 g/mol. The summed E-state index contributed by atoms with van der Waals surface area (Å²) in [5.41, 5.74) is 2.73. The second-order valence-electron chi connectivity index (χ2n) is 6.58. The topological polar surface area (TPSA) is 18.8 Å². The van der Waals surface area contributed by atoms with Crippen molar-refractivity contribution in [1.82, 2.24) is 9.91 Å². The van der Waals surface area contributed by atoms with E-state index in [2.05, 4.69) is 75.8 Å². The first-order valence-corrected chi connectivity index (χ1v) is 9.69. The van der Waals surface area contributed by atoms with Crippen LogP contribution in [0.5, 0.6) is 0 Å². The molecule has 1 saturated heterocycles. The van der Waals surface area contributed by atoms with Crippen LogP contribution in [0.3, 0.4) is 0 Å². The quantitative estimate of drug-likeness (QED) is 0.652. The van der Waals surface area contributed by atoms with E-state index in [1.54, 1.807) is 11.3 Å². The van der Waals surface area contributed by atoms with Gasteiger partial charge in [0.15, 0.2) is 0 Å². The fraction of sp³-hybridized carbons (Fsp3) is 0.286. The summed E-state index contributed by atoms with van der Waals surface area (Å²) in [6, 6.07) is 17.4. The molecule has 0 unspecified atom stereocenters. The van der Waals surface area contributed by atoms with Gasteiger partial charge in [0.1, 0.15) is 0 Å². The number of fused-ring (bicyclic) bond motifs is 1. The highest BCUT2D eigenvalue weighted by Gasteiger charge is 2.16. The van der Waals surface area contributed by atoms with Crippen molar-refractivity contribution in [3.8, 4) is 0 Å². The minimum absolute atomic E-state index is 0.992. The van der Waals surface area contributed by atoms with Crippen LogP contribution in [-0.2, 0) is 6.54 Å². The van der Waals surface area contributed by atoms with Crippen LogP contribution in [0.25, 0.3) is 10.8 Å². The maximum atomic E-state index is 4.67. The van der Waals surface area contributed by atoms with Crippen LogP contribution < -0.4 is 0 Å². The van der Waals surface area contributed by atoms with Gasteiger partial charge in [0.2, 0.25) is 0 Å². The highest BCUT2D eigenvalue weighted by Crippen LogP contribution is 2.20. The highest BCUT2D eigenvalue weighted by atomic mass is 32.1. The van der Waals surface area contributed by atoms with Gasteiger partial charge in [0, 0.05) is 37.6 Å². The van der Waals surface area contributed by atoms with E-state index in [1.807, 2.05) is 6.21 Å². The third-order valence-corrected chi connectivity index (χ3v) is 5.82. The lowest BCUT2D eigenvalue weighted by atomic mass is 10.0. The number of piperazine rings is 1. The number of benzene rings is 2. The van der Waals surface area contributed by atoms with E-state index < -0.39 is 0 Å². The monoisotopic (exact) mass is 349 g/mol. The molecule has 0 N–H and O–H groups in total. The van der Waals surface area contributed by atoms with Crippen LogP contribution in [0, 0.1) is 6.92 Å². The van der Waals surface area contributed by atoms with Crippen molar-refractivity contribution < 1.29 is 0 Å². The van der Waals surface area contributed by atoms with Gasteiger partial charge in [-0.3, -0.25) is 9.91 Å². The Morgan fingerprint density at radius 2 is 1.80 bits per heavy atom. The molecule has 3 aromatic rings. The zero-order valence-corrected chi connectivity index (χ0v) is 15.4. The van der Waals surface area contributed by atoms with Gasteiger partial charge in [-0.05, 0) is 40.3 Å². The van der Waals surface area contributed by atoms with E-state index in [0.29, 0.717) is 0 Å². The lowest BCUT2D eigenvalue weighted by molar-refractivity contribution is 0.131. The van der Waals surface area contributed by atoms with E-state index >= 15 is 0 Å². The summed E-state index contributed by atoms with van der Waals surface area (Å²) in [6.45, 7) is 7.26. The fourth-order valence-electron chi connectivity index (χ4n) is 3.33.